The van der Waals surface area contributed by atoms with Crippen LogP contribution in [0.2, 0.25) is 0 Å². The highest BCUT2D eigenvalue weighted by atomic mass is 16.1. The van der Waals surface area contributed by atoms with Crippen LogP contribution in [0.1, 0.15) is 38.6 Å². The third-order valence-corrected chi connectivity index (χ3v) is 4.35. The van der Waals surface area contributed by atoms with E-state index in [0.717, 1.165) is 28.0 Å². The van der Waals surface area contributed by atoms with Crippen molar-refractivity contribution in [2.45, 2.75) is 34.2 Å². The number of nitrogens with zero attached hydrogens (tertiary/aromatic N) is 3. The Balaban J connectivity index is 1.89. The van der Waals surface area contributed by atoms with E-state index in [9.17, 15) is 9.59 Å². The van der Waals surface area contributed by atoms with Crippen molar-refractivity contribution in [2.24, 2.45) is 7.05 Å². The first-order valence-corrected chi connectivity index (χ1v) is 8.06. The number of aromatic amines is 1. The van der Waals surface area contributed by atoms with Crippen LogP contribution in [-0.4, -0.2) is 25.7 Å². The summed E-state index contributed by atoms with van der Waals surface area (Å²) < 4.78 is 1.70. The lowest BCUT2D eigenvalue weighted by Crippen LogP contribution is -2.28. The van der Waals surface area contributed by atoms with Crippen LogP contribution in [0.4, 0.5) is 0 Å². The molecule has 130 valence electrons. The Hall–Kier alpha value is -2.96. The van der Waals surface area contributed by atoms with Gasteiger partial charge in [-0.1, -0.05) is 0 Å². The van der Waals surface area contributed by atoms with E-state index >= 15 is 0 Å². The third kappa shape index (κ3) is 3.05. The molecule has 25 heavy (non-hydrogen) atoms. The molecule has 7 nitrogen and oxygen atoms in total. The molecule has 3 heterocycles. The highest BCUT2D eigenvalue weighted by Gasteiger charge is 2.16. The number of carbonyl (C=O) groups excluding carboxylic acids is 1. The van der Waals surface area contributed by atoms with Gasteiger partial charge in [0.1, 0.15) is 0 Å². The van der Waals surface area contributed by atoms with Crippen LogP contribution in [0.25, 0.3) is 11.0 Å². The van der Waals surface area contributed by atoms with Gasteiger partial charge >= 0.3 is 0 Å². The molecular formula is C18H21N5O2. The third-order valence-electron chi connectivity index (χ3n) is 4.35. The minimum atomic E-state index is -0.255. The second-order valence-corrected chi connectivity index (χ2v) is 6.33. The number of nitrogens with one attached hydrogen (secondary N) is 2. The fourth-order valence-corrected chi connectivity index (χ4v) is 3.03. The van der Waals surface area contributed by atoms with Crippen molar-refractivity contribution in [3.8, 4) is 0 Å². The second-order valence-electron chi connectivity index (χ2n) is 6.33. The van der Waals surface area contributed by atoms with Crippen LogP contribution in [0.15, 0.2) is 16.9 Å². The smallest absolute Gasteiger partial charge is 0.253 e. The van der Waals surface area contributed by atoms with Gasteiger partial charge in [-0.25, -0.2) is 4.98 Å². The molecule has 0 atom stereocenters. The van der Waals surface area contributed by atoms with Crippen molar-refractivity contribution >= 4 is 16.9 Å². The van der Waals surface area contributed by atoms with Crippen molar-refractivity contribution < 1.29 is 4.79 Å². The number of fused-ring (bicyclic) bond motifs is 1. The van der Waals surface area contributed by atoms with E-state index < -0.39 is 0 Å². The maximum atomic E-state index is 12.6. The molecule has 0 unspecified atom stereocenters. The highest BCUT2D eigenvalue weighted by Crippen LogP contribution is 2.19. The van der Waals surface area contributed by atoms with Gasteiger partial charge in [0.25, 0.3) is 11.5 Å². The molecule has 1 amide bonds. The van der Waals surface area contributed by atoms with Gasteiger partial charge in [-0.2, -0.15) is 5.10 Å². The largest absolute Gasteiger partial charge is 0.348 e. The summed E-state index contributed by atoms with van der Waals surface area (Å²) in [5, 5.41) is 8.01. The molecule has 3 rings (SSSR count). The van der Waals surface area contributed by atoms with E-state index in [2.05, 4.69) is 20.4 Å². The van der Waals surface area contributed by atoms with E-state index in [4.69, 9.17) is 0 Å². The minimum Gasteiger partial charge on any atom is -0.348 e. The van der Waals surface area contributed by atoms with E-state index in [0.29, 0.717) is 16.8 Å². The normalized spacial score (nSPS) is 11.1. The average molecular weight is 339 g/mol. The number of pyridine rings is 2. The molecule has 3 aromatic rings. The zero-order chi connectivity index (χ0) is 18.3. The molecule has 0 saturated carbocycles. The second kappa shape index (κ2) is 6.16. The summed E-state index contributed by atoms with van der Waals surface area (Å²) in [6.45, 7) is 7.54. The Morgan fingerprint density at radius 1 is 1.20 bits per heavy atom. The van der Waals surface area contributed by atoms with Crippen molar-refractivity contribution in [3.63, 3.8) is 0 Å². The van der Waals surface area contributed by atoms with Gasteiger partial charge in [-0.3, -0.25) is 14.3 Å². The van der Waals surface area contributed by atoms with Gasteiger partial charge in [0.05, 0.1) is 17.0 Å². The van der Waals surface area contributed by atoms with Crippen LogP contribution in [0.3, 0.4) is 0 Å². The Bertz CT molecular complexity index is 1050. The Kier molecular flexibility index (Phi) is 4.16. The lowest BCUT2D eigenvalue weighted by molar-refractivity contribution is 0.0950. The maximum Gasteiger partial charge on any atom is 0.253 e. The van der Waals surface area contributed by atoms with Crippen LogP contribution in [0, 0.1) is 27.7 Å². The SMILES string of the molecule is Cc1cc(C)c(CNC(=O)c2cc3c(C)nn(C)c3nc2C)c(=O)[nH]1. The number of H-pyrrole nitrogens is 1. The lowest BCUT2D eigenvalue weighted by Gasteiger charge is -2.10. The first-order chi connectivity index (χ1) is 11.8. The van der Waals surface area contributed by atoms with Crippen molar-refractivity contribution in [3.05, 3.63) is 56.3 Å². The zero-order valence-electron chi connectivity index (χ0n) is 15.0. The first-order valence-electron chi connectivity index (χ1n) is 8.06. The Morgan fingerprint density at radius 3 is 2.60 bits per heavy atom. The van der Waals surface area contributed by atoms with Gasteiger partial charge in [-0.15, -0.1) is 0 Å². The van der Waals surface area contributed by atoms with E-state index in [1.165, 1.54) is 0 Å². The predicted molar refractivity (Wildman–Crippen MR) is 95.7 cm³/mol. The molecular weight excluding hydrogens is 318 g/mol. The molecule has 3 aromatic heterocycles. The molecule has 0 bridgehead atoms. The topological polar surface area (TPSA) is 92.7 Å². The van der Waals surface area contributed by atoms with Crippen molar-refractivity contribution in [1.82, 2.24) is 25.1 Å². The molecule has 0 aliphatic carbocycles. The molecule has 0 aromatic carbocycles. The van der Waals surface area contributed by atoms with Crippen molar-refractivity contribution in [2.75, 3.05) is 0 Å². The number of aromatic nitrogens is 4. The monoisotopic (exact) mass is 339 g/mol. The van der Waals surface area contributed by atoms with Crippen LogP contribution in [0.5, 0.6) is 0 Å². The summed E-state index contributed by atoms with van der Waals surface area (Å²) in [5.41, 5.74) is 4.73. The van der Waals surface area contributed by atoms with Gasteiger partial charge < -0.3 is 10.3 Å². The van der Waals surface area contributed by atoms with E-state index in [-0.39, 0.29) is 18.0 Å². The lowest BCUT2D eigenvalue weighted by atomic mass is 10.1. The van der Waals surface area contributed by atoms with Crippen LogP contribution < -0.4 is 10.9 Å². The van der Waals surface area contributed by atoms with E-state index in [1.807, 2.05) is 40.0 Å². The molecule has 7 heteroatoms. The first kappa shape index (κ1) is 16.9. The minimum absolute atomic E-state index is 0.170. The summed E-state index contributed by atoms with van der Waals surface area (Å²) in [6.07, 6.45) is 0. The van der Waals surface area contributed by atoms with Crippen LogP contribution in [-0.2, 0) is 13.6 Å². The molecule has 0 aliphatic rings. The summed E-state index contributed by atoms with van der Waals surface area (Å²) >= 11 is 0. The standard InChI is InChI=1S/C18H21N5O2/c1-9-6-10(2)20-18(25)15(9)8-19-17(24)14-7-13-12(4)22-23(5)16(13)21-11(14)3/h6-7H,8H2,1-5H3,(H,19,24)(H,20,25). The summed E-state index contributed by atoms with van der Waals surface area (Å²) in [7, 11) is 1.83. The number of amides is 1. The summed E-state index contributed by atoms with van der Waals surface area (Å²) in [4.78, 5) is 31.9. The molecule has 2 N–H and O–H groups in total. The molecule has 0 radical (unpaired) electrons. The number of aryl methyl sites for hydroxylation is 5. The van der Waals surface area contributed by atoms with E-state index in [1.54, 1.807) is 11.6 Å². The molecule has 0 fully saturated rings. The number of hydrogen-bond donors (Lipinski definition) is 2. The molecule has 0 spiro atoms. The van der Waals surface area contributed by atoms with Gasteiger partial charge in [0, 0.05) is 30.2 Å². The quantitative estimate of drug-likeness (QED) is 0.761. The average Bonchev–Trinajstić information content (AvgIpc) is 2.79. The van der Waals surface area contributed by atoms with Gasteiger partial charge in [0.2, 0.25) is 0 Å². The van der Waals surface area contributed by atoms with Crippen molar-refractivity contribution in [1.29, 1.82) is 0 Å². The zero-order valence-corrected chi connectivity index (χ0v) is 15.0. The number of hydrogen-bond acceptors (Lipinski definition) is 4. The Labute approximate surface area is 145 Å². The fourth-order valence-electron chi connectivity index (χ4n) is 3.03. The van der Waals surface area contributed by atoms with Gasteiger partial charge in [-0.05, 0) is 45.4 Å². The maximum absolute atomic E-state index is 12.6. The number of rotatable bonds is 3. The summed E-state index contributed by atoms with van der Waals surface area (Å²) in [6, 6.07) is 3.70. The van der Waals surface area contributed by atoms with Crippen LogP contribution >= 0.6 is 0 Å². The summed E-state index contributed by atoms with van der Waals surface area (Å²) in [5.74, 6) is -0.255. The number of carbonyl (C=O) groups is 1. The van der Waals surface area contributed by atoms with Gasteiger partial charge in [0.15, 0.2) is 5.65 Å². The predicted octanol–water partition coefficient (Wildman–Crippen LogP) is 1.82. The Morgan fingerprint density at radius 2 is 1.92 bits per heavy atom. The molecule has 0 aliphatic heterocycles. The molecule has 0 saturated heterocycles. The highest BCUT2D eigenvalue weighted by molar-refractivity contribution is 5.98. The fraction of sp³-hybridized carbons (Fsp3) is 0.333.